The predicted octanol–water partition coefficient (Wildman–Crippen LogP) is 1.31. The Labute approximate surface area is 111 Å². The SMILES string of the molecule is CCn1ncnc1CC(=O)c1ccc(OC)cc1N. The summed E-state index contributed by atoms with van der Waals surface area (Å²) in [6.07, 6.45) is 1.63. The molecule has 0 aliphatic rings. The second-order valence-corrected chi connectivity index (χ2v) is 4.05. The third-order valence-electron chi connectivity index (χ3n) is 2.87. The average molecular weight is 260 g/mol. The summed E-state index contributed by atoms with van der Waals surface area (Å²) >= 11 is 0. The fraction of sp³-hybridized carbons (Fsp3) is 0.308. The van der Waals surface area contributed by atoms with Crippen molar-refractivity contribution >= 4 is 11.5 Å². The highest BCUT2D eigenvalue weighted by Gasteiger charge is 2.14. The van der Waals surface area contributed by atoms with Gasteiger partial charge in [0.1, 0.15) is 17.9 Å². The minimum atomic E-state index is -0.0807. The first-order valence-corrected chi connectivity index (χ1v) is 5.99. The van der Waals surface area contributed by atoms with E-state index in [2.05, 4.69) is 10.1 Å². The van der Waals surface area contributed by atoms with Crippen LogP contribution >= 0.6 is 0 Å². The van der Waals surface area contributed by atoms with Crippen molar-refractivity contribution in [2.24, 2.45) is 0 Å². The molecule has 100 valence electrons. The van der Waals surface area contributed by atoms with Gasteiger partial charge < -0.3 is 10.5 Å². The number of carbonyl (C=O) groups is 1. The van der Waals surface area contributed by atoms with Gasteiger partial charge in [-0.2, -0.15) is 5.10 Å². The molecule has 0 unspecified atom stereocenters. The monoisotopic (exact) mass is 260 g/mol. The van der Waals surface area contributed by atoms with Crippen LogP contribution in [0, 0.1) is 0 Å². The molecule has 2 aromatic rings. The smallest absolute Gasteiger partial charge is 0.172 e. The van der Waals surface area contributed by atoms with Gasteiger partial charge in [0.2, 0.25) is 0 Å². The van der Waals surface area contributed by atoms with Gasteiger partial charge >= 0.3 is 0 Å². The number of Topliss-reactive ketones (excluding diaryl/α,β-unsaturated/α-hetero) is 1. The second-order valence-electron chi connectivity index (χ2n) is 4.05. The Morgan fingerprint density at radius 3 is 2.89 bits per heavy atom. The number of benzene rings is 1. The van der Waals surface area contributed by atoms with Crippen LogP contribution in [0.3, 0.4) is 0 Å². The molecule has 1 aromatic carbocycles. The third-order valence-corrected chi connectivity index (χ3v) is 2.87. The van der Waals surface area contributed by atoms with Crippen LogP contribution in [0.25, 0.3) is 0 Å². The zero-order valence-electron chi connectivity index (χ0n) is 11.0. The third kappa shape index (κ3) is 2.73. The summed E-state index contributed by atoms with van der Waals surface area (Å²) in [7, 11) is 1.56. The van der Waals surface area contributed by atoms with Crippen LogP contribution in [-0.4, -0.2) is 27.7 Å². The van der Waals surface area contributed by atoms with E-state index in [1.807, 2.05) is 6.92 Å². The molecule has 6 heteroatoms. The van der Waals surface area contributed by atoms with E-state index in [-0.39, 0.29) is 12.2 Å². The van der Waals surface area contributed by atoms with Crippen LogP contribution in [0.5, 0.6) is 5.75 Å². The van der Waals surface area contributed by atoms with E-state index in [4.69, 9.17) is 10.5 Å². The molecule has 0 spiro atoms. The quantitative estimate of drug-likeness (QED) is 0.647. The van der Waals surface area contributed by atoms with Crippen LogP contribution in [0.4, 0.5) is 5.69 Å². The maximum absolute atomic E-state index is 12.2. The molecule has 19 heavy (non-hydrogen) atoms. The van der Waals surface area contributed by atoms with Gasteiger partial charge in [-0.15, -0.1) is 0 Å². The lowest BCUT2D eigenvalue weighted by atomic mass is 10.1. The molecular formula is C13H16N4O2. The van der Waals surface area contributed by atoms with E-state index >= 15 is 0 Å². The largest absolute Gasteiger partial charge is 0.497 e. The van der Waals surface area contributed by atoms with Crippen LogP contribution in [0.2, 0.25) is 0 Å². The molecule has 2 N–H and O–H groups in total. The highest BCUT2D eigenvalue weighted by atomic mass is 16.5. The summed E-state index contributed by atoms with van der Waals surface area (Å²) in [5.41, 5.74) is 6.74. The van der Waals surface area contributed by atoms with E-state index in [9.17, 15) is 4.79 Å². The Morgan fingerprint density at radius 1 is 1.47 bits per heavy atom. The number of nitrogens with two attached hydrogens (primary N) is 1. The summed E-state index contributed by atoms with van der Waals surface area (Å²) in [6, 6.07) is 5.02. The number of carbonyl (C=O) groups excluding carboxylic acids is 1. The second kappa shape index (κ2) is 5.51. The molecule has 1 heterocycles. The number of anilines is 1. The van der Waals surface area contributed by atoms with Gasteiger partial charge in [-0.05, 0) is 19.1 Å². The first-order valence-electron chi connectivity index (χ1n) is 5.99. The molecular weight excluding hydrogens is 244 g/mol. The van der Waals surface area contributed by atoms with Gasteiger partial charge in [0.25, 0.3) is 0 Å². The minimum Gasteiger partial charge on any atom is -0.497 e. The highest BCUT2D eigenvalue weighted by Crippen LogP contribution is 2.20. The lowest BCUT2D eigenvalue weighted by Gasteiger charge is -2.07. The van der Waals surface area contributed by atoms with Crippen molar-refractivity contribution in [3.05, 3.63) is 35.9 Å². The number of aromatic nitrogens is 3. The Kier molecular flexibility index (Phi) is 3.79. The van der Waals surface area contributed by atoms with Crippen molar-refractivity contribution in [1.29, 1.82) is 0 Å². The van der Waals surface area contributed by atoms with Gasteiger partial charge in [0.05, 0.1) is 13.5 Å². The van der Waals surface area contributed by atoms with Gasteiger partial charge in [0.15, 0.2) is 5.78 Å². The molecule has 0 saturated carbocycles. The van der Waals surface area contributed by atoms with Gasteiger partial charge in [-0.25, -0.2) is 9.67 Å². The van der Waals surface area contributed by atoms with Crippen molar-refractivity contribution in [1.82, 2.24) is 14.8 Å². The molecule has 1 aromatic heterocycles. The van der Waals surface area contributed by atoms with Gasteiger partial charge in [-0.1, -0.05) is 0 Å². The summed E-state index contributed by atoms with van der Waals surface area (Å²) in [5, 5.41) is 4.03. The maximum atomic E-state index is 12.2. The van der Waals surface area contributed by atoms with Crippen molar-refractivity contribution in [2.45, 2.75) is 19.9 Å². The van der Waals surface area contributed by atoms with Crippen LogP contribution in [0.1, 0.15) is 23.1 Å². The van der Waals surface area contributed by atoms with Crippen molar-refractivity contribution in [2.75, 3.05) is 12.8 Å². The summed E-state index contributed by atoms with van der Waals surface area (Å²) in [5.74, 6) is 1.19. The van der Waals surface area contributed by atoms with Crippen molar-refractivity contribution in [3.8, 4) is 5.75 Å². The molecule has 0 aliphatic heterocycles. The Morgan fingerprint density at radius 2 is 2.26 bits per heavy atom. The Bertz CT molecular complexity index is 592. The number of ketones is 1. The van der Waals surface area contributed by atoms with E-state index in [1.165, 1.54) is 6.33 Å². The lowest BCUT2D eigenvalue weighted by Crippen LogP contribution is -2.12. The summed E-state index contributed by atoms with van der Waals surface area (Å²) < 4.78 is 6.75. The van der Waals surface area contributed by atoms with Gasteiger partial charge in [0, 0.05) is 23.9 Å². The molecule has 0 bridgehead atoms. The highest BCUT2D eigenvalue weighted by molar-refractivity contribution is 6.01. The molecule has 0 amide bonds. The first kappa shape index (κ1) is 13.1. The van der Waals surface area contributed by atoms with Crippen molar-refractivity contribution in [3.63, 3.8) is 0 Å². The minimum absolute atomic E-state index is 0.0807. The van der Waals surface area contributed by atoms with E-state index in [0.717, 1.165) is 0 Å². The zero-order chi connectivity index (χ0) is 13.8. The predicted molar refractivity (Wildman–Crippen MR) is 71.1 cm³/mol. The standard InChI is InChI=1S/C13H16N4O2/c1-3-17-13(15-8-16-17)7-12(18)10-5-4-9(19-2)6-11(10)14/h4-6,8H,3,7,14H2,1-2H3. The van der Waals surface area contributed by atoms with Crippen LogP contribution in [0.15, 0.2) is 24.5 Å². The number of hydrogen-bond donors (Lipinski definition) is 1. The van der Waals surface area contributed by atoms with Crippen molar-refractivity contribution < 1.29 is 9.53 Å². The number of aryl methyl sites for hydroxylation is 1. The first-order chi connectivity index (χ1) is 9.15. The maximum Gasteiger partial charge on any atom is 0.172 e. The molecule has 0 aliphatic carbocycles. The molecule has 0 saturated heterocycles. The van der Waals surface area contributed by atoms with Crippen LogP contribution < -0.4 is 10.5 Å². The topological polar surface area (TPSA) is 83.0 Å². The van der Waals surface area contributed by atoms with Crippen LogP contribution in [-0.2, 0) is 13.0 Å². The lowest BCUT2D eigenvalue weighted by molar-refractivity contribution is 0.0990. The molecule has 6 nitrogen and oxygen atoms in total. The fourth-order valence-corrected chi connectivity index (χ4v) is 1.85. The normalized spacial score (nSPS) is 10.4. The Hall–Kier alpha value is -2.37. The molecule has 2 rings (SSSR count). The number of nitrogen functional groups attached to an aromatic ring is 1. The number of methoxy groups -OCH3 is 1. The number of nitrogens with zero attached hydrogens (tertiary/aromatic N) is 3. The Balaban J connectivity index is 2.21. The zero-order valence-corrected chi connectivity index (χ0v) is 11.0. The molecule has 0 radical (unpaired) electrons. The number of ether oxygens (including phenoxy) is 1. The van der Waals surface area contributed by atoms with Gasteiger partial charge in [-0.3, -0.25) is 4.79 Å². The number of rotatable bonds is 5. The van der Waals surface area contributed by atoms with E-state index in [0.29, 0.717) is 29.4 Å². The summed E-state index contributed by atoms with van der Waals surface area (Å²) in [4.78, 5) is 16.3. The van der Waals surface area contributed by atoms with E-state index < -0.39 is 0 Å². The molecule has 0 fully saturated rings. The number of hydrogen-bond acceptors (Lipinski definition) is 5. The molecule has 0 atom stereocenters. The fourth-order valence-electron chi connectivity index (χ4n) is 1.85. The van der Waals surface area contributed by atoms with E-state index in [1.54, 1.807) is 30.0 Å². The average Bonchev–Trinajstić information content (AvgIpc) is 2.85. The summed E-state index contributed by atoms with van der Waals surface area (Å²) in [6.45, 7) is 2.63.